The van der Waals surface area contributed by atoms with Gasteiger partial charge in [0.15, 0.2) is 0 Å². The molecule has 15 heavy (non-hydrogen) atoms. The number of likely N-dealkylation sites (tertiary alicyclic amines) is 1. The lowest BCUT2D eigenvalue weighted by Gasteiger charge is -2.33. The number of ether oxygens (including phenoxy) is 1. The highest BCUT2D eigenvalue weighted by molar-refractivity contribution is 5.67. The van der Waals surface area contributed by atoms with Gasteiger partial charge in [0.25, 0.3) is 0 Å². The molecule has 1 aliphatic rings. The lowest BCUT2D eigenvalue weighted by molar-refractivity contribution is 0.0350. The van der Waals surface area contributed by atoms with Crippen LogP contribution >= 0.6 is 0 Å². The number of piperidine rings is 1. The maximum absolute atomic E-state index is 11.5. The number of hydrogen-bond acceptors (Lipinski definition) is 4. The average molecular weight is 216 g/mol. The van der Waals surface area contributed by atoms with E-state index in [1.807, 2.05) is 13.8 Å². The molecule has 1 amide bonds. The monoisotopic (exact) mass is 216 g/mol. The van der Waals surface area contributed by atoms with E-state index >= 15 is 0 Å². The number of carbonyl (C=O) groups excluding carboxylic acids is 1. The molecule has 1 fully saturated rings. The summed E-state index contributed by atoms with van der Waals surface area (Å²) in [4.78, 5) is 13.0. The second-order valence-electron chi connectivity index (χ2n) is 4.44. The zero-order valence-corrected chi connectivity index (χ0v) is 9.35. The molecule has 1 rings (SSSR count). The van der Waals surface area contributed by atoms with Crippen molar-refractivity contribution in [3.8, 4) is 0 Å². The van der Waals surface area contributed by atoms with Gasteiger partial charge in [-0.3, -0.25) is 0 Å². The summed E-state index contributed by atoms with van der Waals surface area (Å²) in [5, 5.41) is 9.50. The number of hydrogen-bond donors (Lipinski definition) is 2. The van der Waals surface area contributed by atoms with Crippen molar-refractivity contribution in [1.82, 2.24) is 4.90 Å². The highest BCUT2D eigenvalue weighted by Gasteiger charge is 2.28. The van der Waals surface area contributed by atoms with Crippen LogP contribution in [0, 0.1) is 5.92 Å². The Labute approximate surface area is 90.2 Å². The van der Waals surface area contributed by atoms with Gasteiger partial charge in [0.1, 0.15) is 0 Å². The molecule has 3 N–H and O–H groups in total. The minimum atomic E-state index is -0.634. The quantitative estimate of drug-likeness (QED) is 0.690. The van der Waals surface area contributed by atoms with Crippen LogP contribution in [0.2, 0.25) is 0 Å². The van der Waals surface area contributed by atoms with Gasteiger partial charge >= 0.3 is 6.09 Å². The van der Waals surface area contributed by atoms with Gasteiger partial charge in [0.2, 0.25) is 0 Å². The van der Waals surface area contributed by atoms with Gasteiger partial charge < -0.3 is 20.5 Å². The number of nitrogens with zero attached hydrogens (tertiary/aromatic N) is 1. The Morgan fingerprint density at radius 2 is 2.33 bits per heavy atom. The van der Waals surface area contributed by atoms with Gasteiger partial charge in [-0.2, -0.15) is 0 Å². The third-order valence-corrected chi connectivity index (χ3v) is 2.43. The molecule has 0 spiro atoms. The van der Waals surface area contributed by atoms with Crippen LogP contribution in [-0.4, -0.2) is 47.9 Å². The first-order valence-corrected chi connectivity index (χ1v) is 5.36. The van der Waals surface area contributed by atoms with Crippen LogP contribution < -0.4 is 5.73 Å². The van der Waals surface area contributed by atoms with Crippen LogP contribution in [0.4, 0.5) is 4.79 Å². The van der Waals surface area contributed by atoms with E-state index in [2.05, 4.69) is 0 Å². The van der Waals surface area contributed by atoms with Crippen LogP contribution in [0.15, 0.2) is 0 Å². The maximum Gasteiger partial charge on any atom is 0.409 e. The van der Waals surface area contributed by atoms with Crippen molar-refractivity contribution in [3.05, 3.63) is 0 Å². The van der Waals surface area contributed by atoms with Crippen LogP contribution in [-0.2, 0) is 4.74 Å². The lowest BCUT2D eigenvalue weighted by atomic mass is 10.0. The fourth-order valence-corrected chi connectivity index (χ4v) is 1.44. The summed E-state index contributed by atoms with van der Waals surface area (Å²) in [5.74, 6) is 0.325. The van der Waals surface area contributed by atoms with Gasteiger partial charge in [-0.25, -0.2) is 4.79 Å². The minimum absolute atomic E-state index is 0.223. The van der Waals surface area contributed by atoms with E-state index in [0.29, 0.717) is 25.5 Å². The summed E-state index contributed by atoms with van der Waals surface area (Å²) in [7, 11) is 0. The van der Waals surface area contributed by atoms with Crippen molar-refractivity contribution in [3.63, 3.8) is 0 Å². The Kier molecular flexibility index (Phi) is 4.35. The van der Waals surface area contributed by atoms with E-state index in [4.69, 9.17) is 10.5 Å². The zero-order chi connectivity index (χ0) is 11.4. The number of aliphatic hydroxyl groups is 1. The van der Waals surface area contributed by atoms with Crippen LogP contribution in [0.5, 0.6) is 0 Å². The fourth-order valence-electron chi connectivity index (χ4n) is 1.44. The van der Waals surface area contributed by atoms with Gasteiger partial charge in [0.05, 0.1) is 19.3 Å². The van der Waals surface area contributed by atoms with E-state index in [1.165, 1.54) is 4.90 Å². The first kappa shape index (κ1) is 12.3. The van der Waals surface area contributed by atoms with E-state index in [-0.39, 0.29) is 18.7 Å². The Balaban J connectivity index is 2.34. The van der Waals surface area contributed by atoms with Crippen LogP contribution in [0.1, 0.15) is 20.3 Å². The highest BCUT2D eigenvalue weighted by atomic mass is 16.6. The molecule has 0 aliphatic carbocycles. The molecule has 1 saturated heterocycles. The van der Waals surface area contributed by atoms with Crippen molar-refractivity contribution in [2.45, 2.75) is 32.4 Å². The summed E-state index contributed by atoms with van der Waals surface area (Å²) >= 11 is 0. The predicted molar refractivity (Wildman–Crippen MR) is 56.4 cm³/mol. The number of amides is 1. The molecule has 0 radical (unpaired) electrons. The summed E-state index contributed by atoms with van der Waals surface area (Å²) in [6.07, 6.45) is -0.363. The van der Waals surface area contributed by atoms with Crippen LogP contribution in [0.3, 0.4) is 0 Å². The molecule has 5 heteroatoms. The molecule has 2 atom stereocenters. The molecule has 5 nitrogen and oxygen atoms in total. The summed E-state index contributed by atoms with van der Waals surface area (Å²) < 4.78 is 5.06. The molecular weight excluding hydrogens is 196 g/mol. The lowest BCUT2D eigenvalue weighted by Crippen LogP contribution is -2.52. The number of nitrogens with two attached hydrogens (primary N) is 1. The van der Waals surface area contributed by atoms with Gasteiger partial charge in [-0.05, 0) is 12.3 Å². The molecule has 88 valence electrons. The third-order valence-electron chi connectivity index (χ3n) is 2.43. The first-order valence-electron chi connectivity index (χ1n) is 5.36. The highest BCUT2D eigenvalue weighted by Crippen LogP contribution is 2.10. The van der Waals surface area contributed by atoms with E-state index in [0.717, 1.165) is 0 Å². The standard InChI is InChI=1S/C10H20N2O3/c1-7(2)6-15-10(14)12-4-3-8(11)9(13)5-12/h7-9,13H,3-6,11H2,1-2H3/t8-,9-/m1/s1. The molecule has 0 aromatic rings. The summed E-state index contributed by atoms with van der Waals surface area (Å²) in [6.45, 7) is 5.22. The Bertz CT molecular complexity index is 221. The van der Waals surface area contributed by atoms with Crippen molar-refractivity contribution in [2.24, 2.45) is 11.7 Å². The number of carbonyl (C=O) groups is 1. The maximum atomic E-state index is 11.5. The Morgan fingerprint density at radius 3 is 2.87 bits per heavy atom. The topological polar surface area (TPSA) is 75.8 Å². The second-order valence-corrected chi connectivity index (χ2v) is 4.44. The number of rotatable bonds is 2. The molecule has 0 aromatic carbocycles. The average Bonchev–Trinajstić information content (AvgIpc) is 2.18. The van der Waals surface area contributed by atoms with Crippen molar-refractivity contribution in [1.29, 1.82) is 0 Å². The number of β-amino-alcohol motifs (C(OH)–C–C–N with tert-alkyl or cyclic N) is 1. The Hall–Kier alpha value is -0.810. The van der Waals surface area contributed by atoms with E-state index < -0.39 is 6.10 Å². The van der Waals surface area contributed by atoms with E-state index in [9.17, 15) is 9.90 Å². The molecule has 0 saturated carbocycles. The van der Waals surface area contributed by atoms with Gasteiger partial charge in [0, 0.05) is 12.6 Å². The van der Waals surface area contributed by atoms with Crippen molar-refractivity contribution < 1.29 is 14.6 Å². The third kappa shape index (κ3) is 3.68. The zero-order valence-electron chi connectivity index (χ0n) is 9.35. The number of aliphatic hydroxyl groups excluding tert-OH is 1. The molecule has 0 unspecified atom stereocenters. The Morgan fingerprint density at radius 1 is 1.67 bits per heavy atom. The first-order chi connectivity index (χ1) is 7.00. The molecule has 0 bridgehead atoms. The molecular formula is C10H20N2O3. The SMILES string of the molecule is CC(C)COC(=O)N1CC[C@@H](N)[C@H](O)C1. The summed E-state index contributed by atoms with van der Waals surface area (Å²) in [6, 6.07) is -0.223. The fraction of sp³-hybridized carbons (Fsp3) is 0.900. The molecule has 1 aliphatic heterocycles. The molecule has 0 aromatic heterocycles. The minimum Gasteiger partial charge on any atom is -0.449 e. The largest absolute Gasteiger partial charge is 0.449 e. The second kappa shape index (κ2) is 5.32. The summed E-state index contributed by atoms with van der Waals surface area (Å²) in [5.41, 5.74) is 5.63. The van der Waals surface area contributed by atoms with Crippen molar-refractivity contribution >= 4 is 6.09 Å². The van der Waals surface area contributed by atoms with Gasteiger partial charge in [-0.1, -0.05) is 13.8 Å². The molecule has 1 heterocycles. The van der Waals surface area contributed by atoms with E-state index in [1.54, 1.807) is 0 Å². The van der Waals surface area contributed by atoms with Gasteiger partial charge in [-0.15, -0.1) is 0 Å². The normalized spacial score (nSPS) is 26.9. The smallest absolute Gasteiger partial charge is 0.409 e. The van der Waals surface area contributed by atoms with Crippen molar-refractivity contribution in [2.75, 3.05) is 19.7 Å². The predicted octanol–water partition coefficient (Wildman–Crippen LogP) is 0.173. The van der Waals surface area contributed by atoms with Crippen LogP contribution in [0.25, 0.3) is 0 Å².